The summed E-state index contributed by atoms with van der Waals surface area (Å²) in [5.74, 6) is 0.356. The Morgan fingerprint density at radius 2 is 2.07 bits per heavy atom. The average molecular weight is 393 g/mol. The van der Waals surface area contributed by atoms with Crippen LogP contribution in [0.2, 0.25) is 0 Å². The maximum Gasteiger partial charge on any atom is 0.409 e. The van der Waals surface area contributed by atoms with E-state index < -0.39 is 0 Å². The smallest absolute Gasteiger partial charge is 0.409 e. The molecule has 3 heterocycles. The van der Waals surface area contributed by atoms with Crippen molar-refractivity contribution in [2.45, 2.75) is 19.8 Å². The van der Waals surface area contributed by atoms with Crippen LogP contribution in [0.15, 0.2) is 48.9 Å². The minimum absolute atomic E-state index is 0.110. The zero-order valence-electron chi connectivity index (χ0n) is 16.2. The van der Waals surface area contributed by atoms with Crippen LogP contribution in [-0.2, 0) is 9.53 Å². The first-order valence-electron chi connectivity index (χ1n) is 9.77. The van der Waals surface area contributed by atoms with E-state index in [-0.39, 0.29) is 17.9 Å². The number of imidazole rings is 1. The topological polar surface area (TPSA) is 89.4 Å². The number of hydrogen-bond donors (Lipinski definition) is 1. The third-order valence-electron chi connectivity index (χ3n) is 5.03. The molecule has 0 radical (unpaired) electrons. The second kappa shape index (κ2) is 8.30. The van der Waals surface area contributed by atoms with E-state index in [0.29, 0.717) is 25.4 Å². The number of para-hydroxylation sites is 2. The highest BCUT2D eigenvalue weighted by molar-refractivity contribution is 5.93. The quantitative estimate of drug-likeness (QED) is 0.735. The van der Waals surface area contributed by atoms with Gasteiger partial charge in [-0.3, -0.25) is 9.36 Å². The molecule has 3 aromatic rings. The van der Waals surface area contributed by atoms with Gasteiger partial charge >= 0.3 is 6.09 Å². The Labute approximate surface area is 168 Å². The molecule has 0 bridgehead atoms. The van der Waals surface area contributed by atoms with Crippen molar-refractivity contribution < 1.29 is 14.3 Å². The van der Waals surface area contributed by atoms with E-state index in [1.54, 1.807) is 24.3 Å². The van der Waals surface area contributed by atoms with Gasteiger partial charge in [-0.25, -0.2) is 14.8 Å². The summed E-state index contributed by atoms with van der Waals surface area (Å²) in [5, 5.41) is 2.91. The molecule has 1 fully saturated rings. The molecule has 0 spiro atoms. The largest absolute Gasteiger partial charge is 0.450 e. The Bertz CT molecular complexity index is 1010. The number of nitrogens with zero attached hydrogens (tertiary/aromatic N) is 4. The number of likely N-dealkylation sites (tertiary alicyclic amines) is 1. The number of ether oxygens (including phenoxy) is 1. The van der Waals surface area contributed by atoms with E-state index >= 15 is 0 Å². The lowest BCUT2D eigenvalue weighted by molar-refractivity contribution is -0.121. The van der Waals surface area contributed by atoms with Crippen LogP contribution >= 0.6 is 0 Å². The molecule has 0 aliphatic carbocycles. The number of nitrogens with one attached hydrogen (secondary N) is 1. The van der Waals surface area contributed by atoms with Gasteiger partial charge in [-0.1, -0.05) is 12.1 Å². The lowest BCUT2D eigenvalue weighted by atomic mass is 9.97. The zero-order chi connectivity index (χ0) is 20.2. The van der Waals surface area contributed by atoms with E-state index in [0.717, 1.165) is 29.7 Å². The summed E-state index contributed by atoms with van der Waals surface area (Å²) < 4.78 is 6.95. The van der Waals surface area contributed by atoms with Gasteiger partial charge < -0.3 is 15.0 Å². The van der Waals surface area contributed by atoms with Gasteiger partial charge in [-0.15, -0.1) is 0 Å². The molecule has 1 aliphatic heterocycles. The Hall–Kier alpha value is -3.42. The van der Waals surface area contributed by atoms with Crippen molar-refractivity contribution in [1.82, 2.24) is 19.4 Å². The molecule has 1 unspecified atom stereocenters. The molecule has 2 aromatic heterocycles. The summed E-state index contributed by atoms with van der Waals surface area (Å²) in [6, 6.07) is 11.5. The van der Waals surface area contributed by atoms with E-state index in [2.05, 4.69) is 15.3 Å². The molecule has 0 saturated carbocycles. The monoisotopic (exact) mass is 393 g/mol. The fourth-order valence-electron chi connectivity index (χ4n) is 3.56. The average Bonchev–Trinajstić information content (AvgIpc) is 3.19. The van der Waals surface area contributed by atoms with Crippen molar-refractivity contribution in [2.75, 3.05) is 25.0 Å². The Kier molecular flexibility index (Phi) is 5.41. The van der Waals surface area contributed by atoms with Crippen LogP contribution in [0.1, 0.15) is 19.8 Å². The molecule has 1 saturated heterocycles. The second-order valence-electron chi connectivity index (χ2n) is 6.98. The van der Waals surface area contributed by atoms with Crippen LogP contribution in [0, 0.1) is 5.92 Å². The highest BCUT2D eigenvalue weighted by Gasteiger charge is 2.29. The van der Waals surface area contributed by atoms with Crippen LogP contribution in [0.3, 0.4) is 0 Å². The summed E-state index contributed by atoms with van der Waals surface area (Å²) in [6.07, 6.45) is 4.53. The molecule has 4 rings (SSSR count). The number of pyridine rings is 1. The molecular formula is C21H23N5O3. The first-order valence-corrected chi connectivity index (χ1v) is 9.77. The number of carbonyl (C=O) groups excluding carboxylic acids is 2. The molecule has 150 valence electrons. The molecule has 1 atom stereocenters. The van der Waals surface area contributed by atoms with E-state index in [9.17, 15) is 9.59 Å². The minimum Gasteiger partial charge on any atom is -0.450 e. The molecule has 8 heteroatoms. The summed E-state index contributed by atoms with van der Waals surface area (Å²) in [5.41, 5.74) is 2.49. The molecule has 1 aliphatic rings. The molecule has 1 N–H and O–H groups in total. The minimum atomic E-state index is -0.358. The Balaban J connectivity index is 1.42. The number of anilines is 1. The van der Waals surface area contributed by atoms with Crippen molar-refractivity contribution >= 4 is 28.7 Å². The van der Waals surface area contributed by atoms with Crippen molar-refractivity contribution in [1.29, 1.82) is 0 Å². The predicted octanol–water partition coefficient (Wildman–Crippen LogP) is 3.23. The van der Waals surface area contributed by atoms with Gasteiger partial charge in [0, 0.05) is 13.1 Å². The number of benzene rings is 1. The second-order valence-corrected chi connectivity index (χ2v) is 6.98. The number of amides is 2. The van der Waals surface area contributed by atoms with Gasteiger partial charge in [0.2, 0.25) is 5.91 Å². The standard InChI is InChI=1S/C21H23N5O3/c1-2-29-21(28)25-11-5-6-15(13-25)20(27)24-16-9-10-19(22-12-16)26-14-23-17-7-3-4-8-18(17)26/h3-4,7-10,12,14-15H,2,5-6,11,13H2,1H3,(H,24,27). The highest BCUT2D eigenvalue weighted by atomic mass is 16.6. The third-order valence-corrected chi connectivity index (χ3v) is 5.03. The summed E-state index contributed by atoms with van der Waals surface area (Å²) >= 11 is 0. The number of hydrogen-bond acceptors (Lipinski definition) is 5. The van der Waals surface area contributed by atoms with Gasteiger partial charge in [0.1, 0.15) is 12.1 Å². The van der Waals surface area contributed by atoms with Crippen LogP contribution in [0.25, 0.3) is 16.9 Å². The van der Waals surface area contributed by atoms with Gasteiger partial charge in [0.05, 0.1) is 35.4 Å². The van der Waals surface area contributed by atoms with Crippen molar-refractivity contribution in [3.05, 3.63) is 48.9 Å². The van der Waals surface area contributed by atoms with Gasteiger partial charge in [0.25, 0.3) is 0 Å². The lowest BCUT2D eigenvalue weighted by Crippen LogP contribution is -2.44. The van der Waals surface area contributed by atoms with Crippen LogP contribution in [0.5, 0.6) is 0 Å². The number of fused-ring (bicyclic) bond motifs is 1. The van der Waals surface area contributed by atoms with Crippen molar-refractivity contribution in [3.8, 4) is 5.82 Å². The fraction of sp³-hybridized carbons (Fsp3) is 0.333. The number of carbonyl (C=O) groups is 2. The predicted molar refractivity (Wildman–Crippen MR) is 109 cm³/mol. The SMILES string of the molecule is CCOC(=O)N1CCCC(C(=O)Nc2ccc(-n3cnc4ccccc43)nc2)C1. The fourth-order valence-corrected chi connectivity index (χ4v) is 3.56. The first-order chi connectivity index (χ1) is 14.2. The molecular weight excluding hydrogens is 370 g/mol. The molecule has 8 nitrogen and oxygen atoms in total. The van der Waals surface area contributed by atoms with E-state index in [1.807, 2.05) is 41.0 Å². The third kappa shape index (κ3) is 4.06. The normalized spacial score (nSPS) is 16.6. The van der Waals surface area contributed by atoms with Gasteiger partial charge in [-0.05, 0) is 44.0 Å². The first kappa shape index (κ1) is 18.9. The number of piperidine rings is 1. The Morgan fingerprint density at radius 3 is 2.86 bits per heavy atom. The van der Waals surface area contributed by atoms with Crippen LogP contribution < -0.4 is 5.32 Å². The Morgan fingerprint density at radius 1 is 1.21 bits per heavy atom. The molecule has 1 aromatic carbocycles. The zero-order valence-corrected chi connectivity index (χ0v) is 16.2. The van der Waals surface area contributed by atoms with E-state index in [4.69, 9.17) is 4.74 Å². The van der Waals surface area contributed by atoms with Crippen LogP contribution in [-0.4, -0.2) is 51.1 Å². The number of aromatic nitrogens is 3. The highest BCUT2D eigenvalue weighted by Crippen LogP contribution is 2.21. The van der Waals surface area contributed by atoms with Gasteiger partial charge in [0.15, 0.2) is 0 Å². The van der Waals surface area contributed by atoms with Gasteiger partial charge in [-0.2, -0.15) is 0 Å². The molecule has 2 amide bonds. The maximum atomic E-state index is 12.6. The molecule has 29 heavy (non-hydrogen) atoms. The van der Waals surface area contributed by atoms with Crippen LogP contribution in [0.4, 0.5) is 10.5 Å². The van der Waals surface area contributed by atoms with E-state index in [1.165, 1.54) is 0 Å². The van der Waals surface area contributed by atoms with Crippen molar-refractivity contribution in [2.24, 2.45) is 5.92 Å². The maximum absolute atomic E-state index is 12.6. The summed E-state index contributed by atoms with van der Waals surface area (Å²) in [6.45, 7) is 3.10. The summed E-state index contributed by atoms with van der Waals surface area (Å²) in [7, 11) is 0. The summed E-state index contributed by atoms with van der Waals surface area (Å²) in [4.78, 5) is 35.0. The lowest BCUT2D eigenvalue weighted by Gasteiger charge is -2.31. The number of rotatable bonds is 4. The van der Waals surface area contributed by atoms with Crippen molar-refractivity contribution in [3.63, 3.8) is 0 Å².